The summed E-state index contributed by atoms with van der Waals surface area (Å²) in [7, 11) is 0. The fourth-order valence-corrected chi connectivity index (χ4v) is 3.68. The highest BCUT2D eigenvalue weighted by Crippen LogP contribution is 2.40. The number of thiophene rings is 1. The Balaban J connectivity index is 2.47. The Morgan fingerprint density at radius 1 is 1.69 bits per heavy atom. The molecule has 0 saturated heterocycles. The third-order valence-corrected chi connectivity index (χ3v) is 4.48. The summed E-state index contributed by atoms with van der Waals surface area (Å²) in [5.74, 6) is 0. The highest BCUT2D eigenvalue weighted by atomic mass is 79.9. The number of nitrogens with two attached hydrogens (primary N) is 1. The molecule has 0 aromatic carbocycles. The summed E-state index contributed by atoms with van der Waals surface area (Å²) in [5.41, 5.74) is 6.95. The summed E-state index contributed by atoms with van der Waals surface area (Å²) >= 11 is 5.11. The van der Waals surface area contributed by atoms with Gasteiger partial charge < -0.3 is 10.8 Å². The molecule has 1 aromatic rings. The van der Waals surface area contributed by atoms with E-state index in [4.69, 9.17) is 5.73 Å². The third-order valence-electron chi connectivity index (χ3n) is 2.58. The Labute approximate surface area is 89.9 Å². The molecule has 72 valence electrons. The SMILES string of the molecule is NC1(CO)CCCc2cc(Br)sc21. The molecule has 2 rings (SSSR count). The lowest BCUT2D eigenvalue weighted by atomic mass is 9.84. The van der Waals surface area contributed by atoms with Crippen LogP contribution in [-0.2, 0) is 12.0 Å². The molecule has 1 aliphatic carbocycles. The number of rotatable bonds is 1. The highest BCUT2D eigenvalue weighted by molar-refractivity contribution is 9.11. The van der Waals surface area contributed by atoms with Gasteiger partial charge in [-0.25, -0.2) is 0 Å². The first kappa shape index (κ1) is 9.65. The molecule has 0 amide bonds. The Morgan fingerprint density at radius 3 is 3.15 bits per heavy atom. The van der Waals surface area contributed by atoms with Crippen molar-refractivity contribution in [3.05, 3.63) is 20.3 Å². The van der Waals surface area contributed by atoms with Crippen molar-refractivity contribution >= 4 is 27.3 Å². The van der Waals surface area contributed by atoms with Gasteiger partial charge in [0.25, 0.3) is 0 Å². The molecule has 1 aliphatic rings. The van der Waals surface area contributed by atoms with Gasteiger partial charge in [-0.3, -0.25) is 0 Å². The van der Waals surface area contributed by atoms with Crippen LogP contribution in [0.5, 0.6) is 0 Å². The van der Waals surface area contributed by atoms with Gasteiger partial charge in [0.05, 0.1) is 15.9 Å². The lowest BCUT2D eigenvalue weighted by Gasteiger charge is -2.31. The van der Waals surface area contributed by atoms with Crippen LogP contribution in [0.25, 0.3) is 0 Å². The van der Waals surface area contributed by atoms with Gasteiger partial charge >= 0.3 is 0 Å². The van der Waals surface area contributed by atoms with Crippen LogP contribution in [0.15, 0.2) is 9.85 Å². The summed E-state index contributed by atoms with van der Waals surface area (Å²) in [6.07, 6.45) is 3.06. The van der Waals surface area contributed by atoms with Crippen LogP contribution in [0, 0.1) is 0 Å². The second-order valence-electron chi connectivity index (χ2n) is 3.57. The smallest absolute Gasteiger partial charge is 0.0741 e. The van der Waals surface area contributed by atoms with E-state index >= 15 is 0 Å². The largest absolute Gasteiger partial charge is 0.394 e. The first-order valence-corrected chi connectivity index (χ1v) is 5.95. The molecule has 3 N–H and O–H groups in total. The maximum atomic E-state index is 9.27. The highest BCUT2D eigenvalue weighted by Gasteiger charge is 2.33. The molecule has 1 unspecified atom stereocenters. The van der Waals surface area contributed by atoms with Gasteiger partial charge in [0.1, 0.15) is 0 Å². The number of hydrogen-bond acceptors (Lipinski definition) is 3. The fourth-order valence-electron chi connectivity index (χ4n) is 1.86. The van der Waals surface area contributed by atoms with Crippen molar-refractivity contribution in [2.24, 2.45) is 5.73 Å². The monoisotopic (exact) mass is 261 g/mol. The molecule has 1 atom stereocenters. The van der Waals surface area contributed by atoms with E-state index in [2.05, 4.69) is 22.0 Å². The molecular formula is C9H12BrNOS. The number of aryl methyl sites for hydroxylation is 1. The van der Waals surface area contributed by atoms with Gasteiger partial charge in [0, 0.05) is 4.88 Å². The molecule has 0 aliphatic heterocycles. The van der Waals surface area contributed by atoms with Crippen LogP contribution in [0.1, 0.15) is 23.3 Å². The molecule has 4 heteroatoms. The normalized spacial score (nSPS) is 27.3. The second-order valence-corrected chi connectivity index (χ2v) is 6.00. The molecule has 0 saturated carbocycles. The van der Waals surface area contributed by atoms with Crippen molar-refractivity contribution in [2.75, 3.05) is 6.61 Å². The van der Waals surface area contributed by atoms with Crippen molar-refractivity contribution in [3.8, 4) is 0 Å². The lowest BCUT2D eigenvalue weighted by Crippen LogP contribution is -2.42. The van der Waals surface area contributed by atoms with Gasteiger partial charge in [-0.2, -0.15) is 0 Å². The van der Waals surface area contributed by atoms with Crippen LogP contribution in [0.3, 0.4) is 0 Å². The number of halogens is 1. The number of aliphatic hydroxyl groups is 1. The summed E-state index contributed by atoms with van der Waals surface area (Å²) < 4.78 is 1.11. The van der Waals surface area contributed by atoms with Crippen molar-refractivity contribution in [1.29, 1.82) is 0 Å². The minimum absolute atomic E-state index is 0.0486. The van der Waals surface area contributed by atoms with E-state index in [1.165, 1.54) is 5.56 Å². The predicted molar refractivity (Wildman–Crippen MR) is 57.9 cm³/mol. The number of aliphatic hydroxyl groups excluding tert-OH is 1. The quantitative estimate of drug-likeness (QED) is 0.813. The zero-order chi connectivity index (χ0) is 9.47. The van der Waals surface area contributed by atoms with Crippen molar-refractivity contribution in [2.45, 2.75) is 24.8 Å². The molecule has 0 spiro atoms. The van der Waals surface area contributed by atoms with Crippen LogP contribution in [0.2, 0.25) is 0 Å². The Morgan fingerprint density at radius 2 is 2.46 bits per heavy atom. The van der Waals surface area contributed by atoms with Gasteiger partial charge in [0.2, 0.25) is 0 Å². The fraction of sp³-hybridized carbons (Fsp3) is 0.556. The van der Waals surface area contributed by atoms with E-state index in [0.717, 1.165) is 27.9 Å². The zero-order valence-corrected chi connectivity index (χ0v) is 9.62. The zero-order valence-electron chi connectivity index (χ0n) is 7.22. The van der Waals surface area contributed by atoms with E-state index in [0.29, 0.717) is 0 Å². The van der Waals surface area contributed by atoms with Gasteiger partial charge in [-0.15, -0.1) is 11.3 Å². The standard InChI is InChI=1S/C9H12BrNOS/c10-7-4-6-2-1-3-9(11,5-12)8(6)13-7/h4,12H,1-3,5,11H2. The number of hydrogen-bond donors (Lipinski definition) is 2. The molecule has 0 radical (unpaired) electrons. The van der Waals surface area contributed by atoms with Crippen LogP contribution in [0.4, 0.5) is 0 Å². The molecule has 0 fully saturated rings. The van der Waals surface area contributed by atoms with E-state index in [1.807, 2.05) is 0 Å². The van der Waals surface area contributed by atoms with E-state index in [1.54, 1.807) is 11.3 Å². The minimum atomic E-state index is -0.482. The van der Waals surface area contributed by atoms with E-state index < -0.39 is 5.54 Å². The summed E-state index contributed by atoms with van der Waals surface area (Å²) in [5, 5.41) is 9.27. The summed E-state index contributed by atoms with van der Waals surface area (Å²) in [4.78, 5) is 1.16. The third kappa shape index (κ3) is 1.56. The van der Waals surface area contributed by atoms with Crippen LogP contribution < -0.4 is 5.73 Å². The molecule has 13 heavy (non-hydrogen) atoms. The maximum Gasteiger partial charge on any atom is 0.0741 e. The Bertz CT molecular complexity index is 325. The van der Waals surface area contributed by atoms with Crippen molar-refractivity contribution < 1.29 is 5.11 Å². The van der Waals surface area contributed by atoms with Crippen LogP contribution in [-0.4, -0.2) is 11.7 Å². The van der Waals surface area contributed by atoms with Crippen molar-refractivity contribution in [1.82, 2.24) is 0 Å². The summed E-state index contributed by atoms with van der Waals surface area (Å²) in [6.45, 7) is 0.0486. The maximum absolute atomic E-state index is 9.27. The Kier molecular flexibility index (Phi) is 2.49. The molecular weight excluding hydrogens is 250 g/mol. The van der Waals surface area contributed by atoms with Gasteiger partial charge in [-0.05, 0) is 46.8 Å². The first-order chi connectivity index (χ1) is 6.15. The Hall–Kier alpha value is 0.1000. The van der Waals surface area contributed by atoms with Gasteiger partial charge in [0.15, 0.2) is 0 Å². The topological polar surface area (TPSA) is 46.2 Å². The lowest BCUT2D eigenvalue weighted by molar-refractivity contribution is 0.182. The average molecular weight is 262 g/mol. The summed E-state index contributed by atoms with van der Waals surface area (Å²) in [6, 6.07) is 2.12. The van der Waals surface area contributed by atoms with Gasteiger partial charge in [-0.1, -0.05) is 0 Å². The molecule has 2 nitrogen and oxygen atoms in total. The molecule has 0 bridgehead atoms. The van der Waals surface area contributed by atoms with Crippen molar-refractivity contribution in [3.63, 3.8) is 0 Å². The number of fused-ring (bicyclic) bond motifs is 1. The molecule has 1 heterocycles. The predicted octanol–water partition coefficient (Wildman–Crippen LogP) is 1.99. The van der Waals surface area contributed by atoms with E-state index in [9.17, 15) is 5.11 Å². The van der Waals surface area contributed by atoms with Crippen LogP contribution >= 0.6 is 27.3 Å². The second kappa shape index (κ2) is 3.35. The first-order valence-electron chi connectivity index (χ1n) is 4.34. The average Bonchev–Trinajstić information content (AvgIpc) is 2.48. The minimum Gasteiger partial charge on any atom is -0.394 e. The van der Waals surface area contributed by atoms with E-state index in [-0.39, 0.29) is 6.61 Å². The molecule has 1 aromatic heterocycles.